The van der Waals surface area contributed by atoms with E-state index in [4.69, 9.17) is 9.26 Å². The summed E-state index contributed by atoms with van der Waals surface area (Å²) in [5, 5.41) is 7.63. The molecule has 1 aromatic heterocycles. The summed E-state index contributed by atoms with van der Waals surface area (Å²) in [4.78, 5) is 6.94. The number of aromatic nitrogens is 2. The number of methoxy groups -OCH3 is 1. The van der Waals surface area contributed by atoms with Crippen LogP contribution in [0.1, 0.15) is 42.6 Å². The van der Waals surface area contributed by atoms with Crippen LogP contribution in [0, 0.1) is 6.92 Å². The zero-order valence-corrected chi connectivity index (χ0v) is 14.2. The third-order valence-electron chi connectivity index (χ3n) is 4.98. The molecule has 1 aromatic carbocycles. The smallest absolute Gasteiger partial charge is 0.223 e. The number of benzene rings is 1. The topological polar surface area (TPSA) is 63.4 Å². The number of hydrogen-bond donors (Lipinski definition) is 1. The molecule has 6 nitrogen and oxygen atoms in total. The lowest BCUT2D eigenvalue weighted by molar-refractivity contribution is 0.225. The van der Waals surface area contributed by atoms with Crippen LogP contribution in [-0.2, 0) is 6.54 Å². The lowest BCUT2D eigenvalue weighted by Gasteiger charge is -2.29. The van der Waals surface area contributed by atoms with Crippen molar-refractivity contribution in [3.63, 3.8) is 0 Å². The van der Waals surface area contributed by atoms with E-state index in [0.717, 1.165) is 30.6 Å². The van der Waals surface area contributed by atoms with E-state index < -0.39 is 0 Å². The van der Waals surface area contributed by atoms with E-state index >= 15 is 0 Å². The lowest BCUT2D eigenvalue weighted by Crippen LogP contribution is -2.36. The average molecular weight is 328 g/mol. The molecule has 1 aliphatic heterocycles. The van der Waals surface area contributed by atoms with Crippen molar-refractivity contribution in [1.29, 1.82) is 0 Å². The second-order valence-electron chi connectivity index (χ2n) is 6.70. The fraction of sp³-hybridized carbons (Fsp3) is 0.556. The zero-order valence-electron chi connectivity index (χ0n) is 14.2. The number of ether oxygens (including phenoxy) is 1. The van der Waals surface area contributed by atoms with Crippen molar-refractivity contribution in [1.82, 2.24) is 20.4 Å². The van der Waals surface area contributed by atoms with Gasteiger partial charge in [0.1, 0.15) is 5.75 Å². The Morgan fingerprint density at radius 2 is 2.21 bits per heavy atom. The highest BCUT2D eigenvalue weighted by atomic mass is 16.5. The maximum Gasteiger partial charge on any atom is 0.223 e. The highest BCUT2D eigenvalue weighted by molar-refractivity contribution is 5.32. The molecule has 4 rings (SSSR count). The van der Waals surface area contributed by atoms with Gasteiger partial charge in [0, 0.05) is 25.6 Å². The van der Waals surface area contributed by atoms with E-state index in [9.17, 15) is 0 Å². The van der Waals surface area contributed by atoms with Gasteiger partial charge >= 0.3 is 0 Å². The van der Waals surface area contributed by atoms with Crippen LogP contribution in [0.25, 0.3) is 0 Å². The summed E-state index contributed by atoms with van der Waals surface area (Å²) >= 11 is 0. The number of nitrogens with zero attached hydrogens (tertiary/aromatic N) is 3. The molecule has 2 aromatic rings. The summed E-state index contributed by atoms with van der Waals surface area (Å²) in [6, 6.07) is 9.96. The van der Waals surface area contributed by atoms with Crippen LogP contribution in [0.2, 0.25) is 0 Å². The Labute approximate surface area is 142 Å². The van der Waals surface area contributed by atoms with Crippen molar-refractivity contribution in [2.75, 3.05) is 13.7 Å². The summed E-state index contributed by atoms with van der Waals surface area (Å²) in [6.07, 6.45) is 3.77. The first-order valence-electron chi connectivity index (χ1n) is 8.67. The SMILES string of the molecule is COc1cccc([C@H]2[C@H](NCc3noc(C)n3)CCN2C2CC2)c1. The van der Waals surface area contributed by atoms with E-state index in [1.807, 2.05) is 13.0 Å². The molecule has 2 atom stereocenters. The molecule has 1 aliphatic carbocycles. The van der Waals surface area contributed by atoms with Gasteiger partial charge in [0.2, 0.25) is 5.89 Å². The van der Waals surface area contributed by atoms with Crippen molar-refractivity contribution in [2.45, 2.75) is 50.9 Å². The third kappa shape index (κ3) is 3.16. The Morgan fingerprint density at radius 3 is 2.92 bits per heavy atom. The molecule has 0 radical (unpaired) electrons. The Morgan fingerprint density at radius 1 is 1.33 bits per heavy atom. The molecule has 2 heterocycles. The fourth-order valence-corrected chi connectivity index (χ4v) is 3.73. The van der Waals surface area contributed by atoms with E-state index in [0.29, 0.717) is 24.5 Å². The first kappa shape index (κ1) is 15.6. The van der Waals surface area contributed by atoms with Crippen LogP contribution in [0.4, 0.5) is 0 Å². The van der Waals surface area contributed by atoms with E-state index in [2.05, 4.69) is 38.6 Å². The van der Waals surface area contributed by atoms with Gasteiger partial charge in [0.25, 0.3) is 0 Å². The van der Waals surface area contributed by atoms with Gasteiger partial charge in [-0.1, -0.05) is 17.3 Å². The maximum atomic E-state index is 5.42. The third-order valence-corrected chi connectivity index (χ3v) is 4.98. The average Bonchev–Trinajstić information content (AvgIpc) is 3.23. The molecule has 2 aliphatic rings. The minimum atomic E-state index is 0.376. The van der Waals surface area contributed by atoms with Gasteiger partial charge in [0.15, 0.2) is 5.82 Å². The van der Waals surface area contributed by atoms with Crippen LogP contribution in [-0.4, -0.2) is 40.8 Å². The Hall–Kier alpha value is -1.92. The van der Waals surface area contributed by atoms with Gasteiger partial charge in [-0.25, -0.2) is 0 Å². The van der Waals surface area contributed by atoms with Crippen molar-refractivity contribution < 1.29 is 9.26 Å². The lowest BCUT2D eigenvalue weighted by atomic mass is 9.99. The van der Waals surface area contributed by atoms with Gasteiger partial charge in [-0.2, -0.15) is 4.98 Å². The number of likely N-dealkylation sites (tertiary alicyclic amines) is 1. The molecule has 0 bridgehead atoms. The van der Waals surface area contributed by atoms with E-state index in [1.54, 1.807) is 7.11 Å². The van der Waals surface area contributed by atoms with Gasteiger partial charge in [-0.15, -0.1) is 0 Å². The Bertz CT molecular complexity index is 698. The Balaban J connectivity index is 1.53. The second kappa shape index (κ2) is 6.53. The normalized spacial score (nSPS) is 24.4. The minimum Gasteiger partial charge on any atom is -0.497 e. The standard InChI is InChI=1S/C18H24N4O2/c1-12-20-17(21-24-12)11-19-16-8-9-22(14-6-7-14)18(16)13-4-3-5-15(10-13)23-2/h3-5,10,14,16,18-19H,6-9,11H2,1-2H3/t16-,18+/m1/s1. The highest BCUT2D eigenvalue weighted by Gasteiger charge is 2.42. The number of nitrogens with one attached hydrogen (secondary N) is 1. The van der Waals surface area contributed by atoms with Gasteiger partial charge < -0.3 is 14.6 Å². The zero-order chi connectivity index (χ0) is 16.5. The molecule has 128 valence electrons. The summed E-state index contributed by atoms with van der Waals surface area (Å²) in [7, 11) is 1.72. The maximum absolute atomic E-state index is 5.42. The van der Waals surface area contributed by atoms with Crippen LogP contribution < -0.4 is 10.1 Å². The second-order valence-corrected chi connectivity index (χ2v) is 6.70. The molecule has 1 saturated heterocycles. The fourth-order valence-electron chi connectivity index (χ4n) is 3.73. The molecule has 0 spiro atoms. The van der Waals surface area contributed by atoms with Crippen molar-refractivity contribution in [2.24, 2.45) is 0 Å². The van der Waals surface area contributed by atoms with Gasteiger partial charge in [0.05, 0.1) is 19.7 Å². The molecule has 0 amide bonds. The predicted octanol–water partition coefficient (Wildman–Crippen LogP) is 2.45. The highest BCUT2D eigenvalue weighted by Crippen LogP contribution is 2.41. The van der Waals surface area contributed by atoms with Crippen molar-refractivity contribution >= 4 is 0 Å². The largest absolute Gasteiger partial charge is 0.497 e. The van der Waals surface area contributed by atoms with Crippen LogP contribution in [0.5, 0.6) is 5.75 Å². The molecule has 1 saturated carbocycles. The summed E-state index contributed by atoms with van der Waals surface area (Å²) < 4.78 is 10.5. The number of hydrogen-bond acceptors (Lipinski definition) is 6. The van der Waals surface area contributed by atoms with Crippen molar-refractivity contribution in [3.05, 3.63) is 41.5 Å². The minimum absolute atomic E-state index is 0.376. The molecule has 0 unspecified atom stereocenters. The molecular weight excluding hydrogens is 304 g/mol. The summed E-state index contributed by atoms with van der Waals surface area (Å²) in [6.45, 7) is 3.59. The van der Waals surface area contributed by atoms with Crippen LogP contribution in [0.3, 0.4) is 0 Å². The monoisotopic (exact) mass is 328 g/mol. The van der Waals surface area contributed by atoms with Crippen molar-refractivity contribution in [3.8, 4) is 5.75 Å². The molecular formula is C18H24N4O2. The summed E-state index contributed by atoms with van der Waals surface area (Å²) in [5.41, 5.74) is 1.32. The van der Waals surface area contributed by atoms with E-state index in [1.165, 1.54) is 18.4 Å². The van der Waals surface area contributed by atoms with Crippen LogP contribution >= 0.6 is 0 Å². The Kier molecular flexibility index (Phi) is 4.24. The number of aryl methyl sites for hydroxylation is 1. The number of rotatable bonds is 6. The predicted molar refractivity (Wildman–Crippen MR) is 89.7 cm³/mol. The quantitative estimate of drug-likeness (QED) is 0.879. The van der Waals surface area contributed by atoms with E-state index in [-0.39, 0.29) is 0 Å². The molecule has 2 fully saturated rings. The first-order chi connectivity index (χ1) is 11.7. The van der Waals surface area contributed by atoms with Gasteiger partial charge in [-0.05, 0) is 37.0 Å². The first-order valence-corrected chi connectivity index (χ1v) is 8.67. The van der Waals surface area contributed by atoms with Gasteiger partial charge in [-0.3, -0.25) is 4.90 Å². The summed E-state index contributed by atoms with van der Waals surface area (Å²) in [5.74, 6) is 2.26. The van der Waals surface area contributed by atoms with Crippen LogP contribution in [0.15, 0.2) is 28.8 Å². The molecule has 6 heteroatoms. The molecule has 24 heavy (non-hydrogen) atoms. The molecule has 1 N–H and O–H groups in total.